The van der Waals surface area contributed by atoms with Gasteiger partial charge < -0.3 is 9.15 Å². The van der Waals surface area contributed by atoms with Crippen molar-refractivity contribution in [3.05, 3.63) is 23.7 Å². The Morgan fingerprint density at radius 2 is 2.36 bits per heavy atom. The molecule has 0 aliphatic carbocycles. The highest BCUT2D eigenvalue weighted by Gasteiger charge is 2.09. The van der Waals surface area contributed by atoms with Crippen molar-refractivity contribution in [3.8, 4) is 0 Å². The lowest BCUT2D eigenvalue weighted by Gasteiger charge is -1.90. The molecule has 4 nitrogen and oxygen atoms in total. The molecule has 0 saturated heterocycles. The standard InChI is InChI=1S/C7H6O4/c1-10-7(9)6-3-2-5(4-8)11-6/h2-4H,1H3. The molecule has 0 radical (unpaired) electrons. The van der Waals surface area contributed by atoms with Gasteiger partial charge in [-0.1, -0.05) is 0 Å². The zero-order valence-electron chi connectivity index (χ0n) is 5.87. The number of hydrogen-bond donors (Lipinski definition) is 0. The first-order valence-corrected chi connectivity index (χ1v) is 2.91. The van der Waals surface area contributed by atoms with E-state index in [4.69, 9.17) is 4.42 Å². The Balaban J connectivity index is 2.88. The van der Waals surface area contributed by atoms with Crippen LogP contribution in [0.3, 0.4) is 0 Å². The van der Waals surface area contributed by atoms with E-state index in [-0.39, 0.29) is 11.5 Å². The topological polar surface area (TPSA) is 56.5 Å². The summed E-state index contributed by atoms with van der Waals surface area (Å²) >= 11 is 0. The van der Waals surface area contributed by atoms with E-state index >= 15 is 0 Å². The number of furan rings is 1. The molecular weight excluding hydrogens is 148 g/mol. The lowest BCUT2D eigenvalue weighted by atomic mass is 10.4. The van der Waals surface area contributed by atoms with Crippen LogP contribution in [0, 0.1) is 0 Å². The van der Waals surface area contributed by atoms with Gasteiger partial charge in [-0.25, -0.2) is 4.79 Å². The highest BCUT2D eigenvalue weighted by atomic mass is 16.5. The number of hydrogen-bond acceptors (Lipinski definition) is 4. The predicted molar refractivity (Wildman–Crippen MR) is 35.4 cm³/mol. The van der Waals surface area contributed by atoms with Gasteiger partial charge in [-0.05, 0) is 12.1 Å². The van der Waals surface area contributed by atoms with E-state index in [1.54, 1.807) is 0 Å². The molecule has 58 valence electrons. The largest absolute Gasteiger partial charge is 0.463 e. The normalized spacial score (nSPS) is 9.18. The molecule has 1 aromatic heterocycles. The number of carbonyl (C=O) groups is 2. The van der Waals surface area contributed by atoms with Gasteiger partial charge in [0, 0.05) is 0 Å². The summed E-state index contributed by atoms with van der Waals surface area (Å²) in [5, 5.41) is 0. The summed E-state index contributed by atoms with van der Waals surface area (Å²) in [7, 11) is 1.24. The van der Waals surface area contributed by atoms with Crippen LogP contribution in [0.25, 0.3) is 0 Å². The average molecular weight is 154 g/mol. The third-order valence-corrected chi connectivity index (χ3v) is 1.13. The van der Waals surface area contributed by atoms with Crippen molar-refractivity contribution < 1.29 is 18.7 Å². The molecule has 0 N–H and O–H groups in total. The summed E-state index contributed by atoms with van der Waals surface area (Å²) in [6.07, 6.45) is 0.520. The molecular formula is C7H6O4. The zero-order chi connectivity index (χ0) is 8.27. The lowest BCUT2D eigenvalue weighted by molar-refractivity contribution is 0.0564. The summed E-state index contributed by atoms with van der Waals surface area (Å²) in [6.45, 7) is 0. The first kappa shape index (κ1) is 7.53. The van der Waals surface area contributed by atoms with E-state index in [1.807, 2.05) is 0 Å². The fourth-order valence-corrected chi connectivity index (χ4v) is 0.626. The molecule has 1 rings (SSSR count). The third-order valence-electron chi connectivity index (χ3n) is 1.13. The third kappa shape index (κ3) is 1.46. The monoisotopic (exact) mass is 154 g/mol. The van der Waals surface area contributed by atoms with Gasteiger partial charge in [-0.2, -0.15) is 0 Å². The van der Waals surface area contributed by atoms with Gasteiger partial charge in [0.15, 0.2) is 12.0 Å². The van der Waals surface area contributed by atoms with Crippen LogP contribution in [0.2, 0.25) is 0 Å². The number of esters is 1. The Hall–Kier alpha value is -1.58. The highest BCUT2D eigenvalue weighted by molar-refractivity contribution is 5.87. The Labute approximate surface area is 62.8 Å². The molecule has 0 aliphatic rings. The molecule has 0 unspecified atom stereocenters. The minimum absolute atomic E-state index is 0.0367. The van der Waals surface area contributed by atoms with Crippen molar-refractivity contribution in [2.45, 2.75) is 0 Å². The average Bonchev–Trinajstić information content (AvgIpc) is 2.50. The van der Waals surface area contributed by atoms with Crippen LogP contribution in [-0.4, -0.2) is 19.4 Å². The minimum Gasteiger partial charge on any atom is -0.463 e. The minimum atomic E-state index is -0.585. The quantitative estimate of drug-likeness (QED) is 0.468. The van der Waals surface area contributed by atoms with Gasteiger partial charge in [0.2, 0.25) is 5.76 Å². The summed E-state index contributed by atoms with van der Waals surface area (Å²) in [6, 6.07) is 2.79. The number of ether oxygens (including phenoxy) is 1. The summed E-state index contributed by atoms with van der Waals surface area (Å²) < 4.78 is 9.09. The fourth-order valence-electron chi connectivity index (χ4n) is 0.626. The van der Waals surface area contributed by atoms with Gasteiger partial charge >= 0.3 is 5.97 Å². The molecule has 4 heteroatoms. The first-order valence-electron chi connectivity index (χ1n) is 2.91. The van der Waals surface area contributed by atoms with Crippen molar-refractivity contribution in [2.24, 2.45) is 0 Å². The van der Waals surface area contributed by atoms with Crippen molar-refractivity contribution >= 4 is 12.3 Å². The predicted octanol–water partition coefficient (Wildman–Crippen LogP) is 0.879. The summed E-state index contributed by atoms with van der Waals surface area (Å²) in [4.78, 5) is 20.8. The van der Waals surface area contributed by atoms with Crippen molar-refractivity contribution in [2.75, 3.05) is 7.11 Å². The molecule has 0 saturated carbocycles. The van der Waals surface area contributed by atoms with E-state index in [1.165, 1.54) is 19.2 Å². The van der Waals surface area contributed by atoms with Crippen LogP contribution in [0.15, 0.2) is 16.5 Å². The molecule has 1 heterocycles. The highest BCUT2D eigenvalue weighted by Crippen LogP contribution is 2.06. The van der Waals surface area contributed by atoms with Crippen molar-refractivity contribution in [1.29, 1.82) is 0 Å². The molecule has 0 spiro atoms. The second-order valence-corrected chi connectivity index (χ2v) is 1.81. The number of methoxy groups -OCH3 is 1. The maximum atomic E-state index is 10.7. The Morgan fingerprint density at radius 3 is 2.82 bits per heavy atom. The van der Waals surface area contributed by atoms with E-state index in [2.05, 4.69) is 4.74 Å². The molecule has 0 amide bonds. The van der Waals surface area contributed by atoms with Crippen LogP contribution in [0.4, 0.5) is 0 Å². The second-order valence-electron chi connectivity index (χ2n) is 1.81. The molecule has 0 atom stereocenters. The van der Waals surface area contributed by atoms with Gasteiger partial charge in [-0.3, -0.25) is 4.79 Å². The Morgan fingerprint density at radius 1 is 1.64 bits per heavy atom. The number of rotatable bonds is 2. The summed E-state index contributed by atoms with van der Waals surface area (Å²) in [5.41, 5.74) is 0. The van der Waals surface area contributed by atoms with Crippen LogP contribution in [0.1, 0.15) is 21.1 Å². The molecule has 0 aliphatic heterocycles. The van der Waals surface area contributed by atoms with Gasteiger partial charge in [0.25, 0.3) is 0 Å². The van der Waals surface area contributed by atoms with Gasteiger partial charge in [0.05, 0.1) is 7.11 Å². The molecule has 0 fully saturated rings. The molecule has 1 aromatic rings. The van der Waals surface area contributed by atoms with E-state index in [0.717, 1.165) is 0 Å². The van der Waals surface area contributed by atoms with Crippen molar-refractivity contribution in [3.63, 3.8) is 0 Å². The van der Waals surface area contributed by atoms with Gasteiger partial charge in [0.1, 0.15) is 0 Å². The second kappa shape index (κ2) is 3.01. The van der Waals surface area contributed by atoms with E-state index < -0.39 is 5.97 Å². The van der Waals surface area contributed by atoms with Crippen molar-refractivity contribution in [1.82, 2.24) is 0 Å². The SMILES string of the molecule is COC(=O)c1ccc(C=O)o1. The molecule has 0 aromatic carbocycles. The smallest absolute Gasteiger partial charge is 0.373 e. The Bertz CT molecular complexity index is 274. The first-order chi connectivity index (χ1) is 5.27. The number of carbonyl (C=O) groups excluding carboxylic acids is 2. The molecule has 0 bridgehead atoms. The van der Waals surface area contributed by atoms with Crippen LogP contribution < -0.4 is 0 Å². The van der Waals surface area contributed by atoms with Crippen LogP contribution in [0.5, 0.6) is 0 Å². The molecule has 11 heavy (non-hydrogen) atoms. The zero-order valence-corrected chi connectivity index (χ0v) is 5.87. The van der Waals surface area contributed by atoms with Gasteiger partial charge in [-0.15, -0.1) is 0 Å². The maximum Gasteiger partial charge on any atom is 0.373 e. The summed E-state index contributed by atoms with van der Waals surface area (Å²) in [5.74, 6) is -0.432. The maximum absolute atomic E-state index is 10.7. The number of aldehydes is 1. The van der Waals surface area contributed by atoms with E-state index in [0.29, 0.717) is 6.29 Å². The fraction of sp³-hybridized carbons (Fsp3) is 0.143. The van der Waals surface area contributed by atoms with Crippen LogP contribution in [-0.2, 0) is 4.74 Å². The van der Waals surface area contributed by atoms with E-state index in [9.17, 15) is 9.59 Å². The lowest BCUT2D eigenvalue weighted by Crippen LogP contribution is -1.98. The van der Waals surface area contributed by atoms with Crippen LogP contribution >= 0.6 is 0 Å². The Kier molecular flexibility index (Phi) is 2.06.